The first-order valence-corrected chi connectivity index (χ1v) is 32.6. The molecule has 95 heavy (non-hydrogen) atoms. The van der Waals surface area contributed by atoms with Crippen LogP contribution >= 0.6 is 11.6 Å². The number of Topliss-reactive ketones (excluding diaryl/α,β-unsaturated/α-hetero) is 1. The fourth-order valence-corrected chi connectivity index (χ4v) is 14.5. The number of amides is 1. The van der Waals surface area contributed by atoms with Crippen LogP contribution in [0, 0.1) is 47.7 Å². The number of carboxylic acids is 1. The number of benzene rings is 4. The number of anilines is 3. The molecule has 6 heterocycles. The van der Waals surface area contributed by atoms with Gasteiger partial charge in [0, 0.05) is 143 Å². The zero-order chi connectivity index (χ0) is 68.8. The number of carbonyl (C=O) groups is 4. The van der Waals surface area contributed by atoms with E-state index >= 15 is 4.39 Å². The van der Waals surface area contributed by atoms with Crippen LogP contribution < -0.4 is 36.4 Å². The second-order valence-electron chi connectivity index (χ2n) is 27.2. The average Bonchev–Trinajstić information content (AvgIpc) is 1.46. The lowest BCUT2D eigenvalue weighted by Gasteiger charge is -2.38. The summed E-state index contributed by atoms with van der Waals surface area (Å²) in [6.45, 7) is 22.5. The van der Waals surface area contributed by atoms with Gasteiger partial charge in [-0.1, -0.05) is 71.4 Å². The number of aromatic carboxylic acids is 1. The molecule has 0 radical (unpaired) electrons. The largest absolute Gasteiger partial charge is 0.505 e. The maximum Gasteiger partial charge on any atom is 0.341 e. The number of nitrogens with zero attached hydrogens (tertiary/aromatic N) is 5. The van der Waals surface area contributed by atoms with Crippen molar-refractivity contribution in [2.45, 2.75) is 137 Å². The highest BCUT2D eigenvalue weighted by Gasteiger charge is 2.55. The van der Waals surface area contributed by atoms with Gasteiger partial charge in [-0.2, -0.15) is 0 Å². The Morgan fingerprint density at radius 3 is 2.27 bits per heavy atom. The molecule has 4 bridgehead atoms. The molecule has 2 aromatic heterocycles. The third-order valence-corrected chi connectivity index (χ3v) is 20.4. The van der Waals surface area contributed by atoms with Gasteiger partial charge in [0.05, 0.1) is 63.2 Å². The van der Waals surface area contributed by atoms with Gasteiger partial charge in [0.1, 0.15) is 46.1 Å². The minimum absolute atomic E-state index is 0.00645. The molecular formula is C70H82ClF2N7O15. The Labute approximate surface area is 551 Å². The number of halogens is 3. The molecule has 2 saturated heterocycles. The molecule has 6 aliphatic rings. The summed E-state index contributed by atoms with van der Waals surface area (Å²) in [6, 6.07) is 5.90. The second kappa shape index (κ2) is 26.2. The van der Waals surface area contributed by atoms with Gasteiger partial charge in [0.25, 0.3) is 11.7 Å². The molecule has 4 aliphatic heterocycles. The number of aromatic nitrogens is 2. The van der Waals surface area contributed by atoms with Crippen LogP contribution in [-0.2, 0) is 23.8 Å². The summed E-state index contributed by atoms with van der Waals surface area (Å²) in [5.41, 5.74) is 5.92. The number of ether oxygens (including phenoxy) is 4. The third-order valence-electron chi connectivity index (χ3n) is 20.0. The molecule has 25 heteroatoms. The van der Waals surface area contributed by atoms with E-state index in [-0.39, 0.29) is 89.5 Å². The van der Waals surface area contributed by atoms with Crippen LogP contribution in [0.2, 0.25) is 5.02 Å². The average molecular weight is 1330 g/mol. The topological polar surface area (TPSA) is 299 Å². The predicted molar refractivity (Wildman–Crippen MR) is 356 cm³/mol. The molecule has 6 aromatic rings. The monoisotopic (exact) mass is 1330 g/mol. The summed E-state index contributed by atoms with van der Waals surface area (Å²) in [4.78, 5) is 91.2. The maximum absolute atomic E-state index is 15.0. The minimum atomic E-state index is -2.03. The summed E-state index contributed by atoms with van der Waals surface area (Å²) in [6.07, 6.45) is 5.82. The molecule has 7 N–H and O–H groups in total. The van der Waals surface area contributed by atoms with E-state index in [1.54, 1.807) is 57.7 Å². The Morgan fingerprint density at radius 1 is 0.958 bits per heavy atom. The summed E-state index contributed by atoms with van der Waals surface area (Å²) < 4.78 is 60.8. The number of piperazine rings is 1. The number of fused-ring (bicyclic) bond motifs is 3. The van der Waals surface area contributed by atoms with Crippen molar-refractivity contribution < 1.29 is 71.7 Å². The van der Waals surface area contributed by atoms with E-state index in [2.05, 4.69) is 29.0 Å². The van der Waals surface area contributed by atoms with Crippen LogP contribution in [0.3, 0.4) is 0 Å². The number of rotatable bonds is 8. The Hall–Kier alpha value is -8.00. The zero-order valence-electron chi connectivity index (χ0n) is 55.0. The predicted octanol–water partition coefficient (Wildman–Crippen LogP) is 9.48. The molecule has 4 aromatic carbocycles. The van der Waals surface area contributed by atoms with E-state index in [1.165, 1.54) is 50.9 Å². The van der Waals surface area contributed by atoms with Gasteiger partial charge in [0.2, 0.25) is 5.43 Å². The van der Waals surface area contributed by atoms with Crippen molar-refractivity contribution in [1.29, 1.82) is 0 Å². The normalized spacial score (nSPS) is 29.1. The molecule has 1 amide bonds. The van der Waals surface area contributed by atoms with Crippen LogP contribution in [-0.4, -0.2) is 154 Å². The highest BCUT2D eigenvalue weighted by Crippen LogP contribution is 2.55. The number of aliphatic hydroxyl groups excluding tert-OH is 2. The number of phenols is 1. The van der Waals surface area contributed by atoms with Crippen LogP contribution in [0.15, 0.2) is 80.6 Å². The van der Waals surface area contributed by atoms with Crippen LogP contribution in [0.5, 0.6) is 11.5 Å². The number of aromatic hydroxyl groups is 1. The summed E-state index contributed by atoms with van der Waals surface area (Å²) in [5, 5.41) is 46.9. The highest BCUT2D eigenvalue weighted by atomic mass is 35.5. The number of carbonyl (C=O) groups excluding carboxylic acids is 3. The van der Waals surface area contributed by atoms with Crippen LogP contribution in [0.1, 0.15) is 114 Å². The molecule has 4 fully saturated rings. The molecule has 2 aliphatic carbocycles. The Morgan fingerprint density at radius 2 is 1.65 bits per heavy atom. The zero-order valence-corrected chi connectivity index (χ0v) is 55.8. The van der Waals surface area contributed by atoms with Gasteiger partial charge in [-0.15, -0.1) is 0 Å². The molecule has 12 rings (SSSR count). The number of nitrogens with two attached hydrogens (primary N) is 1. The number of nitrogens with one attached hydrogen (secondary N) is 1. The first-order chi connectivity index (χ1) is 44.9. The number of hydrogen-bond acceptors (Lipinski definition) is 19. The standard InChI is InChI=1S/C51H64N4O12.C19H18ClF2N3O3/c1-25(2)24-54-18-20-55(21-19-54)33-15-16-34-36(23-33)66-48-40(52-34)37-38-44(59)31(8)47-39(37)49(61)51(10,67-47)64-22-17-35(63-11)28(5)46(65-32(9)56)30(7)43(58)29(6)42(57)26(3)13-12-14-27(4)50(62)53-41(48)45(38)60;20-14-15-8(17(26)9(18(27)28)5-25(15)12-4-10(12)21)3-11(22)16(14)24-6-13(23)19(7-24)1-2-19/h12-17,22-23,25-26,28-30,35,42-43,46,57-58,60H,18-21,24H2,1-11H3,(H,53,62);3,5,10,12-13H,1-2,4,6-7,23H2,(H,27,28)/b13-12+,22-17+,27-14-;/t26-,28+,29+,30+,35-,42-,43+,46+,51-;10-,12+,13+/m00/s1. The van der Waals surface area contributed by atoms with Crippen molar-refractivity contribution in [3.63, 3.8) is 0 Å². The van der Waals surface area contributed by atoms with Gasteiger partial charge in [-0.05, 0) is 56.9 Å². The Balaban J connectivity index is 0.000000270. The SMILES string of the molecule is CO[C@H]1/C=C/O[C@@]2(C)Oc3c(C)c(=O)c4c(O)c(c5oc6cc(N7CCN(CC(C)C)CC7)ccc6nc5c4c3C2=O)NC(=O)/C(C)=C\C=C\[C@H](C)[C@H](O)[C@@H](C)[C@@H](O)[C@@H](C)[C@H](OC(C)=O)[C@@H]1C.N[C@@H]1CN(c2c(F)cc3c(=O)c(C(=O)O)cn([C@@H]4C[C@@H]4F)c3c2Cl)CC12CC2. The van der Waals surface area contributed by atoms with Crippen LogP contribution in [0.25, 0.3) is 43.9 Å². The van der Waals surface area contributed by atoms with Gasteiger partial charge >= 0.3 is 17.7 Å². The fraction of sp³-hybridized carbons (Fsp3) is 0.500. The van der Waals surface area contributed by atoms with E-state index < -0.39 is 118 Å². The molecule has 22 nitrogen and oxygen atoms in total. The lowest BCUT2D eigenvalue weighted by Crippen LogP contribution is -2.47. The highest BCUT2D eigenvalue weighted by molar-refractivity contribution is 6.38. The molecule has 0 unspecified atom stereocenters. The summed E-state index contributed by atoms with van der Waals surface area (Å²) in [7, 11) is 1.45. The first kappa shape index (κ1) is 68.4. The number of alkyl halides is 1. The number of allylic oxidation sites excluding steroid dienone is 2. The molecule has 508 valence electrons. The first-order valence-electron chi connectivity index (χ1n) is 32.2. The van der Waals surface area contributed by atoms with Crippen molar-refractivity contribution in [2.24, 2.45) is 40.7 Å². The summed E-state index contributed by atoms with van der Waals surface area (Å²) in [5.74, 6) is -8.74. The van der Waals surface area contributed by atoms with E-state index in [9.17, 15) is 53.6 Å². The number of methoxy groups -OCH3 is 1. The Bertz CT molecular complexity index is 4330. The van der Waals surface area contributed by atoms with Crippen LogP contribution in [0.4, 0.5) is 25.8 Å². The van der Waals surface area contributed by atoms with Gasteiger partial charge in [-0.25, -0.2) is 18.6 Å². The number of phenolic OH excluding ortho intramolecular Hbond substituents is 1. The number of esters is 1. The minimum Gasteiger partial charge on any atom is -0.505 e. The van der Waals surface area contributed by atoms with E-state index in [4.69, 9.17) is 45.7 Å². The van der Waals surface area contributed by atoms with E-state index in [1.807, 2.05) is 12.1 Å². The third kappa shape index (κ3) is 12.7. The molecule has 2 saturated carbocycles. The quantitative estimate of drug-likeness (QED) is 0.0358. The van der Waals surface area contributed by atoms with Crippen molar-refractivity contribution in [3.05, 3.63) is 115 Å². The number of carboxylic acid groups (broad SMARTS) is 1. The van der Waals surface area contributed by atoms with Crippen molar-refractivity contribution in [2.75, 3.05) is 68.0 Å². The molecule has 1 spiro atoms. The molecular weight excluding hydrogens is 1250 g/mol. The Kier molecular flexibility index (Phi) is 18.9. The van der Waals surface area contributed by atoms with Gasteiger partial charge in [0.15, 0.2) is 22.3 Å². The van der Waals surface area contributed by atoms with Crippen molar-refractivity contribution in [1.82, 2.24) is 14.5 Å². The fourth-order valence-electron chi connectivity index (χ4n) is 14.1. The smallest absolute Gasteiger partial charge is 0.341 e. The number of hydrogen-bond donors (Lipinski definition) is 6. The van der Waals surface area contributed by atoms with Gasteiger partial charge < -0.3 is 69.2 Å². The second-order valence-corrected chi connectivity index (χ2v) is 27.6. The summed E-state index contributed by atoms with van der Waals surface area (Å²) >= 11 is 6.56. The lowest BCUT2D eigenvalue weighted by molar-refractivity contribution is -0.160. The van der Waals surface area contributed by atoms with Crippen molar-refractivity contribution >= 4 is 96.2 Å². The number of aliphatic hydroxyl groups is 2. The molecule has 12 atom stereocenters. The van der Waals surface area contributed by atoms with Crippen molar-refractivity contribution in [3.8, 4) is 11.5 Å². The van der Waals surface area contributed by atoms with E-state index in [0.717, 1.165) is 63.5 Å². The number of ketones is 1. The lowest BCUT2D eigenvalue weighted by atomic mass is 9.78. The van der Waals surface area contributed by atoms with E-state index in [0.29, 0.717) is 30.1 Å². The van der Waals surface area contributed by atoms with Gasteiger partial charge in [-0.3, -0.25) is 28.9 Å². The number of pyridine rings is 1. The maximum atomic E-state index is 15.0.